The van der Waals surface area contributed by atoms with Crippen molar-refractivity contribution in [3.05, 3.63) is 47.5 Å². The normalized spacial score (nSPS) is 14.2. The van der Waals surface area contributed by atoms with Crippen molar-refractivity contribution in [3.63, 3.8) is 0 Å². The van der Waals surface area contributed by atoms with Gasteiger partial charge in [-0.3, -0.25) is 0 Å². The molecule has 0 radical (unpaired) electrons. The highest BCUT2D eigenvalue weighted by atomic mass is 16.7. The second kappa shape index (κ2) is 7.77. The fourth-order valence-corrected chi connectivity index (χ4v) is 2.59. The van der Waals surface area contributed by atoms with Gasteiger partial charge >= 0.3 is 5.97 Å². The van der Waals surface area contributed by atoms with Crippen molar-refractivity contribution in [3.8, 4) is 23.0 Å². The minimum Gasteiger partial charge on any atom is -0.497 e. The summed E-state index contributed by atoms with van der Waals surface area (Å²) in [6, 6.07) is 10.2. The van der Waals surface area contributed by atoms with Crippen LogP contribution in [0, 0.1) is 0 Å². The third-order valence-electron chi connectivity index (χ3n) is 3.95. The molecule has 0 aromatic heterocycles. The maximum absolute atomic E-state index is 12.3. The van der Waals surface area contributed by atoms with Crippen molar-refractivity contribution < 1.29 is 28.6 Å². The number of carbonyl (C=O) groups excluding carboxylic acids is 1. The van der Waals surface area contributed by atoms with Crippen molar-refractivity contribution in [2.45, 2.75) is 6.42 Å². The number of ether oxygens (including phenoxy) is 4. The number of hydrogen-bond acceptors (Lipinski definition) is 7. The molecule has 0 amide bonds. The molecule has 0 unspecified atom stereocenters. The molecule has 0 aliphatic carbocycles. The van der Waals surface area contributed by atoms with E-state index in [-0.39, 0.29) is 0 Å². The lowest BCUT2D eigenvalue weighted by Crippen LogP contribution is -2.17. The molecule has 2 aromatic carbocycles. The molecule has 0 atom stereocenters. The van der Waals surface area contributed by atoms with Crippen molar-refractivity contribution in [2.24, 2.45) is 5.16 Å². The number of hydrogen-bond donors (Lipinski definition) is 0. The molecule has 2 aromatic rings. The van der Waals surface area contributed by atoms with Gasteiger partial charge in [-0.15, -0.1) is 0 Å². The van der Waals surface area contributed by atoms with Crippen LogP contribution in [0.2, 0.25) is 0 Å². The van der Waals surface area contributed by atoms with Crippen molar-refractivity contribution >= 4 is 11.7 Å². The van der Waals surface area contributed by atoms with E-state index in [4.69, 9.17) is 23.8 Å². The lowest BCUT2D eigenvalue weighted by Gasteiger charge is -2.19. The minimum absolute atomic E-state index is 0.314. The van der Waals surface area contributed by atoms with Crippen LogP contribution in [-0.2, 0) is 4.84 Å². The monoisotopic (exact) mass is 357 g/mol. The highest BCUT2D eigenvalue weighted by Crippen LogP contribution is 2.30. The van der Waals surface area contributed by atoms with Gasteiger partial charge in [0.25, 0.3) is 0 Å². The van der Waals surface area contributed by atoms with Crippen LogP contribution in [-0.4, -0.2) is 39.6 Å². The first kappa shape index (κ1) is 17.6. The van der Waals surface area contributed by atoms with Crippen LogP contribution >= 0.6 is 0 Å². The Kier molecular flexibility index (Phi) is 5.26. The smallest absolute Gasteiger partial charge is 0.365 e. The molecule has 1 aliphatic rings. The molecule has 1 heterocycles. The minimum atomic E-state index is -0.583. The van der Waals surface area contributed by atoms with Gasteiger partial charge in [-0.25, -0.2) is 4.79 Å². The zero-order valence-electron chi connectivity index (χ0n) is 14.8. The van der Waals surface area contributed by atoms with Gasteiger partial charge in [-0.2, -0.15) is 0 Å². The molecule has 3 rings (SSSR count). The zero-order valence-corrected chi connectivity index (χ0v) is 14.8. The highest BCUT2D eigenvalue weighted by Gasteiger charge is 2.19. The van der Waals surface area contributed by atoms with Gasteiger partial charge in [0.1, 0.15) is 11.5 Å². The van der Waals surface area contributed by atoms with Crippen molar-refractivity contribution in [2.75, 3.05) is 27.9 Å². The fourth-order valence-electron chi connectivity index (χ4n) is 2.59. The summed E-state index contributed by atoms with van der Waals surface area (Å²) in [6.07, 6.45) is 0.540. The number of rotatable bonds is 5. The SMILES string of the molecule is COc1ccc2c(c1)OCC/C2=N/OC(=O)c1ccc(OC)c(OC)c1. The van der Waals surface area contributed by atoms with Gasteiger partial charge in [0.15, 0.2) is 11.5 Å². The summed E-state index contributed by atoms with van der Waals surface area (Å²) in [5.74, 6) is 1.73. The van der Waals surface area contributed by atoms with E-state index in [1.165, 1.54) is 14.2 Å². The van der Waals surface area contributed by atoms with Gasteiger partial charge in [0, 0.05) is 18.1 Å². The number of nitrogens with zero attached hydrogens (tertiary/aromatic N) is 1. The third kappa shape index (κ3) is 3.56. The van der Waals surface area contributed by atoms with Gasteiger partial charge in [0.2, 0.25) is 0 Å². The second-order valence-electron chi connectivity index (χ2n) is 5.45. The first-order valence-electron chi connectivity index (χ1n) is 7.97. The van der Waals surface area contributed by atoms with E-state index in [0.29, 0.717) is 47.3 Å². The Bertz CT molecular complexity index is 846. The zero-order chi connectivity index (χ0) is 18.5. The molecule has 7 nitrogen and oxygen atoms in total. The van der Waals surface area contributed by atoms with E-state index in [1.54, 1.807) is 37.4 Å². The predicted octanol–water partition coefficient (Wildman–Crippen LogP) is 3.06. The van der Waals surface area contributed by atoms with Gasteiger partial charge in [0.05, 0.1) is 39.2 Å². The molecule has 26 heavy (non-hydrogen) atoms. The maximum Gasteiger partial charge on any atom is 0.365 e. The van der Waals surface area contributed by atoms with E-state index in [9.17, 15) is 4.79 Å². The topological polar surface area (TPSA) is 75.6 Å². The summed E-state index contributed by atoms with van der Waals surface area (Å²) in [5, 5.41) is 4.03. The summed E-state index contributed by atoms with van der Waals surface area (Å²) in [6.45, 7) is 0.451. The predicted molar refractivity (Wildman–Crippen MR) is 94.6 cm³/mol. The molecular formula is C19H19NO6. The van der Waals surface area contributed by atoms with E-state index in [0.717, 1.165) is 5.56 Å². The Labute approximate surface area is 151 Å². The molecule has 136 valence electrons. The van der Waals surface area contributed by atoms with Crippen LogP contribution in [0.15, 0.2) is 41.6 Å². The van der Waals surface area contributed by atoms with Crippen LogP contribution in [0.5, 0.6) is 23.0 Å². The molecular weight excluding hydrogens is 338 g/mol. The Morgan fingerprint density at radius 2 is 1.81 bits per heavy atom. The molecule has 7 heteroatoms. The molecule has 0 spiro atoms. The molecule has 0 N–H and O–H groups in total. The number of benzene rings is 2. The van der Waals surface area contributed by atoms with Crippen LogP contribution in [0.1, 0.15) is 22.3 Å². The number of methoxy groups -OCH3 is 3. The molecule has 0 fully saturated rings. The van der Waals surface area contributed by atoms with Crippen LogP contribution in [0.4, 0.5) is 0 Å². The lowest BCUT2D eigenvalue weighted by atomic mass is 10.0. The molecule has 0 saturated heterocycles. The van der Waals surface area contributed by atoms with E-state index < -0.39 is 5.97 Å². The number of fused-ring (bicyclic) bond motifs is 1. The van der Waals surface area contributed by atoms with Crippen molar-refractivity contribution in [1.29, 1.82) is 0 Å². The van der Waals surface area contributed by atoms with Gasteiger partial charge in [-0.05, 0) is 30.3 Å². The molecule has 0 saturated carbocycles. The second-order valence-corrected chi connectivity index (χ2v) is 5.45. The quantitative estimate of drug-likeness (QED) is 0.605. The van der Waals surface area contributed by atoms with Crippen LogP contribution in [0.25, 0.3) is 0 Å². The summed E-state index contributed by atoms with van der Waals surface area (Å²) in [4.78, 5) is 17.4. The summed E-state index contributed by atoms with van der Waals surface area (Å²) < 4.78 is 21.1. The summed E-state index contributed by atoms with van der Waals surface area (Å²) >= 11 is 0. The lowest BCUT2D eigenvalue weighted by molar-refractivity contribution is 0.0514. The van der Waals surface area contributed by atoms with Crippen LogP contribution < -0.4 is 18.9 Å². The standard InChI is InChI=1S/C19H19NO6/c1-22-13-5-6-14-15(8-9-25-17(14)11-13)20-26-19(21)12-4-7-16(23-2)18(10-12)24-3/h4-7,10-11H,8-9H2,1-3H3/b20-15-. The summed E-state index contributed by atoms with van der Waals surface area (Å²) in [5.41, 5.74) is 1.73. The van der Waals surface area contributed by atoms with Crippen molar-refractivity contribution in [1.82, 2.24) is 0 Å². The maximum atomic E-state index is 12.3. The van der Waals surface area contributed by atoms with Gasteiger partial charge < -0.3 is 23.8 Å². The Morgan fingerprint density at radius 3 is 2.54 bits per heavy atom. The summed E-state index contributed by atoms with van der Waals surface area (Å²) in [7, 11) is 4.62. The molecule has 0 bridgehead atoms. The Balaban J connectivity index is 1.79. The third-order valence-corrected chi connectivity index (χ3v) is 3.95. The number of carbonyl (C=O) groups is 1. The molecule has 1 aliphatic heterocycles. The van der Waals surface area contributed by atoms with Crippen LogP contribution in [0.3, 0.4) is 0 Å². The Hall–Kier alpha value is -3.22. The van der Waals surface area contributed by atoms with Gasteiger partial charge in [-0.1, -0.05) is 5.16 Å². The Morgan fingerprint density at radius 1 is 1.00 bits per heavy atom. The first-order chi connectivity index (χ1) is 12.7. The average Bonchev–Trinajstić information content (AvgIpc) is 2.70. The largest absolute Gasteiger partial charge is 0.497 e. The van der Waals surface area contributed by atoms with E-state index >= 15 is 0 Å². The highest BCUT2D eigenvalue weighted by molar-refractivity contribution is 6.04. The van der Waals surface area contributed by atoms with E-state index in [1.807, 2.05) is 6.07 Å². The fraction of sp³-hybridized carbons (Fsp3) is 0.263. The van der Waals surface area contributed by atoms with E-state index in [2.05, 4.69) is 5.16 Å². The first-order valence-corrected chi connectivity index (χ1v) is 7.97. The average molecular weight is 357 g/mol. The number of oxime groups is 1.